The molecule has 0 N–H and O–H groups in total. The van der Waals surface area contributed by atoms with E-state index in [1.54, 1.807) is 4.90 Å². The monoisotopic (exact) mass is 433 g/mol. The summed E-state index contributed by atoms with van der Waals surface area (Å²) in [5.74, 6) is -0.0635. The van der Waals surface area contributed by atoms with Crippen LogP contribution in [0.2, 0.25) is 0 Å². The predicted octanol–water partition coefficient (Wildman–Crippen LogP) is 5.33. The Morgan fingerprint density at radius 1 is 1.06 bits per heavy atom. The van der Waals surface area contributed by atoms with Crippen LogP contribution in [0.4, 0.5) is 0 Å². The number of fused-ring (bicyclic) bond motifs is 2. The molecule has 1 aliphatic heterocycles. The molecule has 168 valence electrons. The van der Waals surface area contributed by atoms with E-state index >= 15 is 0 Å². The van der Waals surface area contributed by atoms with Gasteiger partial charge in [-0.05, 0) is 74.9 Å². The van der Waals surface area contributed by atoms with Crippen LogP contribution in [-0.4, -0.2) is 30.1 Å². The summed E-state index contributed by atoms with van der Waals surface area (Å²) in [5.41, 5.74) is 4.99. The van der Waals surface area contributed by atoms with E-state index in [0.717, 1.165) is 23.1 Å². The second-order valence-corrected chi connectivity index (χ2v) is 8.88. The molecule has 2 heterocycles. The second kappa shape index (κ2) is 8.91. The molecule has 0 saturated heterocycles. The van der Waals surface area contributed by atoms with Gasteiger partial charge in [-0.3, -0.25) is 9.59 Å². The van der Waals surface area contributed by atoms with Crippen LogP contribution in [0.5, 0.6) is 0 Å². The maximum absolute atomic E-state index is 13.6. The van der Waals surface area contributed by atoms with Crippen molar-refractivity contribution in [3.8, 4) is 0 Å². The van der Waals surface area contributed by atoms with Crippen molar-refractivity contribution >= 4 is 16.9 Å². The minimum Gasteiger partial charge on any atom is -0.450 e. The highest BCUT2D eigenvalue weighted by Gasteiger charge is 2.42. The Labute approximate surface area is 189 Å². The molecule has 0 bridgehead atoms. The average molecular weight is 434 g/mol. The maximum atomic E-state index is 13.6. The highest BCUT2D eigenvalue weighted by molar-refractivity contribution is 5.99. The molecule has 5 nitrogen and oxygen atoms in total. The highest BCUT2D eigenvalue weighted by Crippen LogP contribution is 2.38. The zero-order valence-electron chi connectivity index (χ0n) is 19.5. The highest BCUT2D eigenvalue weighted by atomic mass is 16.5. The topological polar surface area (TPSA) is 59.8 Å². The fraction of sp³-hybridized carbons (Fsp3) is 0.407. The Hall–Kier alpha value is -2.92. The van der Waals surface area contributed by atoms with Crippen molar-refractivity contribution in [3.63, 3.8) is 0 Å². The molecule has 1 aromatic heterocycles. The number of nitrogens with zero attached hydrogens (tertiary/aromatic N) is 1. The summed E-state index contributed by atoms with van der Waals surface area (Å²) < 4.78 is 11.8. The number of aryl methyl sites for hydroxylation is 3. The fourth-order valence-electron chi connectivity index (χ4n) is 4.34. The predicted molar refractivity (Wildman–Crippen MR) is 126 cm³/mol. The van der Waals surface area contributed by atoms with Gasteiger partial charge in [0.15, 0.2) is 5.43 Å². The summed E-state index contributed by atoms with van der Waals surface area (Å²) >= 11 is 0. The average Bonchev–Trinajstić information content (AvgIpc) is 3.05. The Balaban J connectivity index is 1.83. The normalized spacial score (nSPS) is 15.8. The number of amides is 1. The van der Waals surface area contributed by atoms with E-state index in [1.807, 2.05) is 52.0 Å². The van der Waals surface area contributed by atoms with Crippen molar-refractivity contribution in [1.82, 2.24) is 4.90 Å². The van der Waals surface area contributed by atoms with Crippen LogP contribution >= 0.6 is 0 Å². The van der Waals surface area contributed by atoms with Gasteiger partial charge in [0.25, 0.3) is 5.91 Å². The maximum Gasteiger partial charge on any atom is 0.290 e. The smallest absolute Gasteiger partial charge is 0.290 e. The van der Waals surface area contributed by atoms with Crippen molar-refractivity contribution in [2.24, 2.45) is 0 Å². The standard InChI is InChI=1S/C27H31NO4/c1-6-19-8-10-20(11-9-19)24-23-25(29)21-14-17(4)18(5)15-22(21)32-26(23)27(30)28(24)12-7-13-31-16(2)3/h8-11,14-16,24H,6-7,12-13H2,1-5H3. The van der Waals surface area contributed by atoms with Crippen molar-refractivity contribution in [2.45, 2.75) is 59.6 Å². The lowest BCUT2D eigenvalue weighted by Crippen LogP contribution is -2.31. The molecule has 0 spiro atoms. The molecule has 3 aromatic rings. The van der Waals surface area contributed by atoms with Gasteiger partial charge >= 0.3 is 0 Å². The molecule has 0 radical (unpaired) electrons. The number of hydrogen-bond donors (Lipinski definition) is 0. The van der Waals surface area contributed by atoms with Crippen molar-refractivity contribution in [1.29, 1.82) is 0 Å². The Morgan fingerprint density at radius 2 is 1.75 bits per heavy atom. The largest absolute Gasteiger partial charge is 0.450 e. The van der Waals surface area contributed by atoms with Crippen molar-refractivity contribution < 1.29 is 13.9 Å². The third kappa shape index (κ3) is 3.97. The van der Waals surface area contributed by atoms with E-state index in [-0.39, 0.29) is 23.2 Å². The molecular weight excluding hydrogens is 402 g/mol. The first-order valence-corrected chi connectivity index (χ1v) is 11.4. The van der Waals surface area contributed by atoms with Crippen LogP contribution in [0.3, 0.4) is 0 Å². The molecular formula is C27H31NO4. The lowest BCUT2D eigenvalue weighted by atomic mass is 9.96. The second-order valence-electron chi connectivity index (χ2n) is 8.88. The van der Waals surface area contributed by atoms with E-state index in [4.69, 9.17) is 9.15 Å². The molecule has 0 saturated carbocycles. The molecule has 2 aromatic carbocycles. The summed E-state index contributed by atoms with van der Waals surface area (Å²) in [6.45, 7) is 11.1. The summed E-state index contributed by atoms with van der Waals surface area (Å²) in [6, 6.07) is 11.4. The van der Waals surface area contributed by atoms with E-state index in [2.05, 4.69) is 19.1 Å². The van der Waals surface area contributed by atoms with Gasteiger partial charge in [-0.25, -0.2) is 0 Å². The number of carbonyl (C=O) groups excluding carboxylic acids is 1. The number of rotatable bonds is 7. The van der Waals surface area contributed by atoms with E-state index in [1.165, 1.54) is 5.56 Å². The van der Waals surface area contributed by atoms with Gasteiger partial charge in [-0.2, -0.15) is 0 Å². The minimum absolute atomic E-state index is 0.122. The number of ether oxygens (including phenoxy) is 1. The molecule has 4 rings (SSSR count). The Bertz CT molecular complexity index is 1210. The van der Waals surface area contributed by atoms with Gasteiger partial charge in [0.05, 0.1) is 23.1 Å². The molecule has 1 unspecified atom stereocenters. The SMILES string of the molecule is CCc1ccc(C2c3c(oc4cc(C)c(C)cc4c3=O)C(=O)N2CCCOC(C)C)cc1. The van der Waals surface area contributed by atoms with Crippen molar-refractivity contribution in [3.05, 3.63) is 80.2 Å². The van der Waals surface area contributed by atoms with Gasteiger partial charge < -0.3 is 14.1 Å². The van der Waals surface area contributed by atoms with Gasteiger partial charge in [0.2, 0.25) is 5.76 Å². The lowest BCUT2D eigenvalue weighted by molar-refractivity contribution is 0.0593. The molecule has 0 fully saturated rings. The third-order valence-electron chi connectivity index (χ3n) is 6.28. The Morgan fingerprint density at radius 3 is 2.41 bits per heavy atom. The van der Waals surface area contributed by atoms with Crippen LogP contribution in [0, 0.1) is 13.8 Å². The Kier molecular flexibility index (Phi) is 6.20. The number of hydrogen-bond acceptors (Lipinski definition) is 4. The molecule has 1 aliphatic rings. The van der Waals surface area contributed by atoms with Crippen LogP contribution in [-0.2, 0) is 11.2 Å². The first-order valence-electron chi connectivity index (χ1n) is 11.4. The molecule has 32 heavy (non-hydrogen) atoms. The molecule has 1 atom stereocenters. The van der Waals surface area contributed by atoms with Gasteiger partial charge in [0.1, 0.15) is 5.58 Å². The van der Waals surface area contributed by atoms with Crippen LogP contribution in [0.1, 0.15) is 71.6 Å². The summed E-state index contributed by atoms with van der Waals surface area (Å²) in [7, 11) is 0. The lowest BCUT2D eigenvalue weighted by Gasteiger charge is -2.25. The van der Waals surface area contributed by atoms with Crippen LogP contribution in [0.25, 0.3) is 11.0 Å². The molecule has 5 heteroatoms. The van der Waals surface area contributed by atoms with E-state index in [0.29, 0.717) is 36.1 Å². The van der Waals surface area contributed by atoms with Gasteiger partial charge in [0, 0.05) is 13.2 Å². The summed E-state index contributed by atoms with van der Waals surface area (Å²) in [6.07, 6.45) is 1.76. The van der Waals surface area contributed by atoms with E-state index < -0.39 is 6.04 Å². The third-order valence-corrected chi connectivity index (χ3v) is 6.28. The van der Waals surface area contributed by atoms with Crippen LogP contribution in [0.15, 0.2) is 45.6 Å². The van der Waals surface area contributed by atoms with Gasteiger partial charge in [-0.15, -0.1) is 0 Å². The first-order chi connectivity index (χ1) is 15.3. The quantitative estimate of drug-likeness (QED) is 0.473. The fourth-order valence-corrected chi connectivity index (χ4v) is 4.34. The zero-order chi connectivity index (χ0) is 23.0. The minimum atomic E-state index is -0.454. The summed E-state index contributed by atoms with van der Waals surface area (Å²) in [5, 5.41) is 0.528. The van der Waals surface area contributed by atoms with E-state index in [9.17, 15) is 9.59 Å². The molecule has 1 amide bonds. The van der Waals surface area contributed by atoms with Crippen molar-refractivity contribution in [2.75, 3.05) is 13.2 Å². The molecule has 0 aliphatic carbocycles. The number of carbonyl (C=O) groups is 1. The van der Waals surface area contributed by atoms with Crippen LogP contribution < -0.4 is 5.43 Å². The zero-order valence-corrected chi connectivity index (χ0v) is 19.5. The number of benzene rings is 2. The summed E-state index contributed by atoms with van der Waals surface area (Å²) in [4.78, 5) is 28.8. The van der Waals surface area contributed by atoms with Gasteiger partial charge in [-0.1, -0.05) is 31.2 Å². The first kappa shape index (κ1) is 22.3.